The Morgan fingerprint density at radius 2 is 2.10 bits per heavy atom. The summed E-state index contributed by atoms with van der Waals surface area (Å²) < 4.78 is 0. The molecule has 2 heterocycles. The molecule has 2 rings (SSSR count). The highest BCUT2D eigenvalue weighted by Crippen LogP contribution is 2.24. The van der Waals surface area contributed by atoms with Gasteiger partial charge >= 0.3 is 0 Å². The lowest BCUT2D eigenvalue weighted by atomic mass is 10.1. The molecule has 0 aliphatic rings. The second kappa shape index (κ2) is 6.22. The SMILES string of the molecule is CCc1cc(C(=O)NC(C)c2sc(C)nc2C)cc(N)n1. The number of nitrogens with zero attached hydrogens (tertiary/aromatic N) is 2. The van der Waals surface area contributed by atoms with Crippen molar-refractivity contribution in [3.05, 3.63) is 39.0 Å². The first-order valence-corrected chi connectivity index (χ1v) is 7.73. The lowest BCUT2D eigenvalue weighted by Gasteiger charge is -2.13. The third kappa shape index (κ3) is 3.58. The maximum Gasteiger partial charge on any atom is 0.251 e. The zero-order chi connectivity index (χ0) is 15.6. The number of nitrogens with one attached hydrogen (secondary N) is 1. The molecule has 0 fully saturated rings. The predicted molar refractivity (Wildman–Crippen MR) is 85.5 cm³/mol. The molecule has 1 amide bonds. The summed E-state index contributed by atoms with van der Waals surface area (Å²) in [5, 5.41) is 4.00. The van der Waals surface area contributed by atoms with Gasteiger partial charge in [-0.2, -0.15) is 0 Å². The number of nitrogen functional groups attached to an aromatic ring is 1. The van der Waals surface area contributed by atoms with Crippen LogP contribution in [0.2, 0.25) is 0 Å². The van der Waals surface area contributed by atoms with Gasteiger partial charge in [-0.3, -0.25) is 4.79 Å². The van der Waals surface area contributed by atoms with E-state index in [0.717, 1.165) is 27.7 Å². The van der Waals surface area contributed by atoms with Crippen LogP contribution in [0, 0.1) is 13.8 Å². The number of aryl methyl sites for hydroxylation is 3. The molecule has 0 aliphatic heterocycles. The Labute approximate surface area is 128 Å². The third-order valence-electron chi connectivity index (χ3n) is 3.20. The number of amides is 1. The molecule has 0 radical (unpaired) electrons. The van der Waals surface area contributed by atoms with Gasteiger partial charge in [0.1, 0.15) is 5.82 Å². The van der Waals surface area contributed by atoms with Gasteiger partial charge in [-0.15, -0.1) is 11.3 Å². The van der Waals surface area contributed by atoms with Crippen molar-refractivity contribution in [3.63, 3.8) is 0 Å². The molecular weight excluding hydrogens is 284 g/mol. The third-order valence-corrected chi connectivity index (χ3v) is 4.46. The Balaban J connectivity index is 2.18. The van der Waals surface area contributed by atoms with Crippen molar-refractivity contribution in [3.8, 4) is 0 Å². The summed E-state index contributed by atoms with van der Waals surface area (Å²) in [6, 6.07) is 3.30. The highest BCUT2D eigenvalue weighted by Gasteiger charge is 2.17. The number of rotatable bonds is 4. The number of nitrogens with two attached hydrogens (primary N) is 1. The predicted octanol–water partition coefficient (Wildman–Crippen LogP) is 2.79. The topological polar surface area (TPSA) is 80.9 Å². The molecule has 0 bridgehead atoms. The van der Waals surface area contributed by atoms with Gasteiger partial charge in [0.05, 0.1) is 16.7 Å². The van der Waals surface area contributed by atoms with Crippen LogP contribution in [0.5, 0.6) is 0 Å². The number of anilines is 1. The van der Waals surface area contributed by atoms with Crippen LogP contribution in [-0.4, -0.2) is 15.9 Å². The summed E-state index contributed by atoms with van der Waals surface area (Å²) in [4.78, 5) is 22.0. The van der Waals surface area contributed by atoms with Gasteiger partial charge in [-0.05, 0) is 39.3 Å². The zero-order valence-electron chi connectivity index (χ0n) is 12.7. The van der Waals surface area contributed by atoms with E-state index >= 15 is 0 Å². The molecule has 0 saturated heterocycles. The molecule has 0 aliphatic carbocycles. The van der Waals surface area contributed by atoms with E-state index in [1.54, 1.807) is 23.5 Å². The first-order chi connectivity index (χ1) is 9.90. The number of carbonyl (C=O) groups is 1. The number of hydrogen-bond donors (Lipinski definition) is 2. The maximum absolute atomic E-state index is 12.4. The van der Waals surface area contributed by atoms with E-state index in [9.17, 15) is 4.79 Å². The van der Waals surface area contributed by atoms with Crippen molar-refractivity contribution in [1.82, 2.24) is 15.3 Å². The largest absolute Gasteiger partial charge is 0.384 e. The Morgan fingerprint density at radius 3 is 2.67 bits per heavy atom. The van der Waals surface area contributed by atoms with E-state index in [-0.39, 0.29) is 11.9 Å². The zero-order valence-corrected chi connectivity index (χ0v) is 13.5. The van der Waals surface area contributed by atoms with Crippen molar-refractivity contribution in [1.29, 1.82) is 0 Å². The van der Waals surface area contributed by atoms with Gasteiger partial charge in [0.2, 0.25) is 0 Å². The molecule has 2 aromatic heterocycles. The van der Waals surface area contributed by atoms with E-state index in [0.29, 0.717) is 11.4 Å². The van der Waals surface area contributed by atoms with Gasteiger partial charge in [-0.25, -0.2) is 9.97 Å². The van der Waals surface area contributed by atoms with Gasteiger partial charge in [-0.1, -0.05) is 6.92 Å². The molecule has 0 spiro atoms. The molecule has 5 nitrogen and oxygen atoms in total. The summed E-state index contributed by atoms with van der Waals surface area (Å²) in [7, 11) is 0. The molecule has 0 aromatic carbocycles. The molecule has 2 aromatic rings. The Hall–Kier alpha value is -1.95. The normalized spacial score (nSPS) is 12.2. The van der Waals surface area contributed by atoms with Gasteiger partial charge < -0.3 is 11.1 Å². The van der Waals surface area contributed by atoms with Crippen LogP contribution >= 0.6 is 11.3 Å². The average molecular weight is 304 g/mol. The lowest BCUT2D eigenvalue weighted by Crippen LogP contribution is -2.27. The molecule has 0 saturated carbocycles. The fourth-order valence-corrected chi connectivity index (χ4v) is 3.15. The van der Waals surface area contributed by atoms with E-state index in [1.807, 2.05) is 27.7 Å². The van der Waals surface area contributed by atoms with Crippen LogP contribution in [-0.2, 0) is 6.42 Å². The minimum Gasteiger partial charge on any atom is -0.384 e. The average Bonchev–Trinajstić information content (AvgIpc) is 2.76. The smallest absolute Gasteiger partial charge is 0.251 e. The van der Waals surface area contributed by atoms with E-state index in [2.05, 4.69) is 15.3 Å². The minimum atomic E-state index is -0.142. The monoisotopic (exact) mass is 304 g/mol. The summed E-state index contributed by atoms with van der Waals surface area (Å²) in [5.74, 6) is 0.230. The molecule has 1 atom stereocenters. The number of hydrogen-bond acceptors (Lipinski definition) is 5. The second-order valence-corrected chi connectivity index (χ2v) is 6.24. The van der Waals surface area contributed by atoms with Crippen LogP contribution < -0.4 is 11.1 Å². The summed E-state index contributed by atoms with van der Waals surface area (Å²) >= 11 is 1.61. The number of pyridine rings is 1. The molecule has 6 heteroatoms. The number of aromatic nitrogens is 2. The standard InChI is InChI=1S/C15H20N4OS/c1-5-12-6-11(7-13(16)19-12)15(20)18-9(3)14-8(2)17-10(4)21-14/h6-7,9H,5H2,1-4H3,(H2,16,19)(H,18,20). The fraction of sp³-hybridized carbons (Fsp3) is 0.400. The fourth-order valence-electron chi connectivity index (χ4n) is 2.22. The summed E-state index contributed by atoms with van der Waals surface area (Å²) in [5.41, 5.74) is 8.07. The van der Waals surface area contributed by atoms with Crippen LogP contribution in [0.3, 0.4) is 0 Å². The van der Waals surface area contributed by atoms with Crippen LogP contribution in [0.15, 0.2) is 12.1 Å². The van der Waals surface area contributed by atoms with Crippen LogP contribution in [0.1, 0.15) is 51.5 Å². The highest BCUT2D eigenvalue weighted by atomic mass is 32.1. The maximum atomic E-state index is 12.4. The van der Waals surface area contributed by atoms with Crippen LogP contribution in [0.25, 0.3) is 0 Å². The van der Waals surface area contributed by atoms with Gasteiger partial charge in [0, 0.05) is 16.1 Å². The molecular formula is C15H20N4OS. The lowest BCUT2D eigenvalue weighted by molar-refractivity contribution is 0.0940. The van der Waals surface area contributed by atoms with Crippen molar-refractivity contribution >= 4 is 23.1 Å². The molecule has 21 heavy (non-hydrogen) atoms. The molecule has 3 N–H and O–H groups in total. The number of carbonyl (C=O) groups excluding carboxylic acids is 1. The van der Waals surface area contributed by atoms with E-state index < -0.39 is 0 Å². The molecule has 1 unspecified atom stereocenters. The van der Waals surface area contributed by atoms with Gasteiger partial charge in [0.15, 0.2) is 0 Å². The summed E-state index contributed by atoms with van der Waals surface area (Å²) in [6.45, 7) is 7.87. The van der Waals surface area contributed by atoms with Crippen molar-refractivity contribution in [2.24, 2.45) is 0 Å². The van der Waals surface area contributed by atoms with Crippen molar-refractivity contribution in [2.45, 2.75) is 40.2 Å². The van der Waals surface area contributed by atoms with Crippen molar-refractivity contribution < 1.29 is 4.79 Å². The Bertz CT molecular complexity index is 666. The first-order valence-electron chi connectivity index (χ1n) is 6.92. The quantitative estimate of drug-likeness (QED) is 0.910. The van der Waals surface area contributed by atoms with E-state index in [4.69, 9.17) is 5.73 Å². The Morgan fingerprint density at radius 1 is 1.38 bits per heavy atom. The Kier molecular flexibility index (Phi) is 4.57. The first kappa shape index (κ1) is 15.4. The van der Waals surface area contributed by atoms with E-state index in [1.165, 1.54) is 0 Å². The van der Waals surface area contributed by atoms with Gasteiger partial charge in [0.25, 0.3) is 5.91 Å². The highest BCUT2D eigenvalue weighted by molar-refractivity contribution is 7.11. The second-order valence-electron chi connectivity index (χ2n) is 5.00. The molecule has 112 valence electrons. The van der Waals surface area contributed by atoms with Crippen LogP contribution in [0.4, 0.5) is 5.82 Å². The summed E-state index contributed by atoms with van der Waals surface area (Å²) in [6.07, 6.45) is 0.744. The number of thiazole rings is 1. The van der Waals surface area contributed by atoms with Crippen molar-refractivity contribution in [2.75, 3.05) is 5.73 Å². The minimum absolute atomic E-state index is 0.0804.